The summed E-state index contributed by atoms with van der Waals surface area (Å²) in [4.78, 5) is 4.95. The molecule has 3 rings (SSSR count). The van der Waals surface area contributed by atoms with Gasteiger partial charge in [-0.3, -0.25) is 4.90 Å². The van der Waals surface area contributed by atoms with Crippen LogP contribution < -0.4 is 4.90 Å². The molecule has 2 fully saturated rings. The maximum Gasteiger partial charge on any atom is 0.123 e. The summed E-state index contributed by atoms with van der Waals surface area (Å²) in [6, 6.07) is 5.79. The fourth-order valence-corrected chi connectivity index (χ4v) is 3.81. The maximum atomic E-state index is 13.5. The molecule has 2 heterocycles. The third-order valence-corrected chi connectivity index (χ3v) is 4.94. The van der Waals surface area contributed by atoms with Crippen molar-refractivity contribution in [3.63, 3.8) is 0 Å². The Morgan fingerprint density at radius 1 is 1.29 bits per heavy atom. The average molecular weight is 292 g/mol. The standard InChI is InChI=1S/C17H25FN2O/c1-12-10-19-8-4-3-5-15(19)11-20(12)17-7-6-14(18)9-16(17)13(2)21/h6-7,9,12-13,15,21H,3-5,8,10-11H2,1-2H3/t12?,13-,15?/m0/s1. The molecule has 1 aromatic rings. The molecule has 116 valence electrons. The molecule has 4 heteroatoms. The van der Waals surface area contributed by atoms with Gasteiger partial charge in [-0.1, -0.05) is 6.42 Å². The van der Waals surface area contributed by atoms with Crippen LogP contribution >= 0.6 is 0 Å². The largest absolute Gasteiger partial charge is 0.389 e. The number of anilines is 1. The van der Waals surface area contributed by atoms with Gasteiger partial charge in [-0.15, -0.1) is 0 Å². The van der Waals surface area contributed by atoms with Gasteiger partial charge in [-0.25, -0.2) is 4.39 Å². The number of benzene rings is 1. The van der Waals surface area contributed by atoms with Crippen molar-refractivity contribution in [1.82, 2.24) is 4.90 Å². The first-order valence-electron chi connectivity index (χ1n) is 8.04. The normalized spacial score (nSPS) is 28.3. The average Bonchev–Trinajstić information content (AvgIpc) is 2.46. The highest BCUT2D eigenvalue weighted by molar-refractivity contribution is 5.56. The van der Waals surface area contributed by atoms with Crippen LogP contribution in [0.2, 0.25) is 0 Å². The van der Waals surface area contributed by atoms with Crippen molar-refractivity contribution in [1.29, 1.82) is 0 Å². The Bertz CT molecular complexity index is 506. The maximum absolute atomic E-state index is 13.5. The molecule has 2 saturated heterocycles. The number of halogens is 1. The number of aliphatic hydroxyl groups is 1. The molecule has 0 aromatic heterocycles. The molecule has 0 amide bonds. The molecule has 0 spiro atoms. The number of rotatable bonds is 2. The number of piperazine rings is 1. The van der Waals surface area contributed by atoms with Gasteiger partial charge < -0.3 is 10.0 Å². The number of nitrogens with zero attached hydrogens (tertiary/aromatic N) is 2. The summed E-state index contributed by atoms with van der Waals surface area (Å²) in [6.07, 6.45) is 3.20. The van der Waals surface area contributed by atoms with E-state index >= 15 is 0 Å². The number of piperidine rings is 1. The third kappa shape index (κ3) is 2.92. The first-order valence-corrected chi connectivity index (χ1v) is 8.04. The van der Waals surface area contributed by atoms with Crippen LogP contribution in [-0.2, 0) is 0 Å². The van der Waals surface area contributed by atoms with Gasteiger partial charge in [0.05, 0.1) is 6.10 Å². The second kappa shape index (κ2) is 5.93. The van der Waals surface area contributed by atoms with Crippen molar-refractivity contribution < 1.29 is 9.50 Å². The van der Waals surface area contributed by atoms with Crippen molar-refractivity contribution in [2.75, 3.05) is 24.5 Å². The van der Waals surface area contributed by atoms with E-state index in [-0.39, 0.29) is 5.82 Å². The van der Waals surface area contributed by atoms with Gasteiger partial charge in [-0.05, 0) is 51.4 Å². The van der Waals surface area contributed by atoms with Crippen molar-refractivity contribution >= 4 is 5.69 Å². The second-order valence-electron chi connectivity index (χ2n) is 6.53. The summed E-state index contributed by atoms with van der Waals surface area (Å²) in [5.74, 6) is -0.279. The fourth-order valence-electron chi connectivity index (χ4n) is 3.81. The Balaban J connectivity index is 1.89. The molecule has 3 nitrogen and oxygen atoms in total. The molecular weight excluding hydrogens is 267 g/mol. The lowest BCUT2D eigenvalue weighted by molar-refractivity contribution is 0.115. The number of fused-ring (bicyclic) bond motifs is 1. The molecule has 2 aliphatic rings. The minimum absolute atomic E-state index is 0.279. The molecule has 21 heavy (non-hydrogen) atoms. The van der Waals surface area contributed by atoms with Gasteiger partial charge in [0.2, 0.25) is 0 Å². The summed E-state index contributed by atoms with van der Waals surface area (Å²) in [7, 11) is 0. The Morgan fingerprint density at radius 2 is 2.10 bits per heavy atom. The Morgan fingerprint density at radius 3 is 2.86 bits per heavy atom. The van der Waals surface area contributed by atoms with Crippen LogP contribution in [0.15, 0.2) is 18.2 Å². The van der Waals surface area contributed by atoms with E-state index in [1.54, 1.807) is 6.92 Å². The lowest BCUT2D eigenvalue weighted by Crippen LogP contribution is -2.59. The smallest absolute Gasteiger partial charge is 0.123 e. The molecule has 1 aromatic carbocycles. The van der Waals surface area contributed by atoms with Crippen LogP contribution in [0, 0.1) is 5.82 Å². The summed E-state index contributed by atoms with van der Waals surface area (Å²) in [5.41, 5.74) is 1.69. The van der Waals surface area contributed by atoms with Gasteiger partial charge in [-0.2, -0.15) is 0 Å². The molecule has 2 unspecified atom stereocenters. The quantitative estimate of drug-likeness (QED) is 0.908. The van der Waals surface area contributed by atoms with Gasteiger partial charge >= 0.3 is 0 Å². The molecule has 3 atom stereocenters. The highest BCUT2D eigenvalue weighted by atomic mass is 19.1. The minimum Gasteiger partial charge on any atom is -0.389 e. The topological polar surface area (TPSA) is 26.7 Å². The van der Waals surface area contributed by atoms with Crippen molar-refractivity contribution in [3.8, 4) is 0 Å². The van der Waals surface area contributed by atoms with E-state index in [4.69, 9.17) is 0 Å². The van der Waals surface area contributed by atoms with E-state index in [9.17, 15) is 9.50 Å². The SMILES string of the molecule is CC1CN2CCCCC2CN1c1ccc(F)cc1[C@H](C)O. The Hall–Kier alpha value is -1.13. The summed E-state index contributed by atoms with van der Waals surface area (Å²) in [5, 5.41) is 9.97. The first kappa shape index (κ1) is 14.8. The van der Waals surface area contributed by atoms with Crippen molar-refractivity contribution in [2.45, 2.75) is 51.3 Å². The number of hydrogen-bond donors (Lipinski definition) is 1. The van der Waals surface area contributed by atoms with E-state index in [1.165, 1.54) is 37.9 Å². The van der Waals surface area contributed by atoms with Gasteiger partial charge in [0.1, 0.15) is 5.82 Å². The van der Waals surface area contributed by atoms with Gasteiger partial charge in [0.15, 0.2) is 0 Å². The minimum atomic E-state index is -0.646. The summed E-state index contributed by atoms with van der Waals surface area (Å²) >= 11 is 0. The van der Waals surface area contributed by atoms with Crippen LogP contribution in [-0.4, -0.2) is 41.7 Å². The lowest BCUT2D eigenvalue weighted by Gasteiger charge is -2.49. The van der Waals surface area contributed by atoms with E-state index in [0.29, 0.717) is 17.6 Å². The summed E-state index contributed by atoms with van der Waals surface area (Å²) < 4.78 is 13.5. The van der Waals surface area contributed by atoms with Gasteiger partial charge in [0, 0.05) is 36.4 Å². The van der Waals surface area contributed by atoms with E-state index < -0.39 is 6.10 Å². The molecule has 0 aliphatic carbocycles. The lowest BCUT2D eigenvalue weighted by atomic mass is 9.95. The van der Waals surface area contributed by atoms with Crippen LogP contribution in [0.3, 0.4) is 0 Å². The zero-order chi connectivity index (χ0) is 15.0. The predicted octanol–water partition coefficient (Wildman–Crippen LogP) is 2.94. The second-order valence-corrected chi connectivity index (χ2v) is 6.53. The Kier molecular flexibility index (Phi) is 4.18. The van der Waals surface area contributed by atoms with Crippen molar-refractivity contribution in [2.24, 2.45) is 0 Å². The van der Waals surface area contributed by atoms with Crippen LogP contribution in [0.4, 0.5) is 10.1 Å². The highest BCUT2D eigenvalue weighted by Gasteiger charge is 2.34. The summed E-state index contributed by atoms with van der Waals surface area (Å²) in [6.45, 7) is 7.17. The number of aliphatic hydroxyl groups excluding tert-OH is 1. The first-order chi connectivity index (χ1) is 10.1. The number of hydrogen-bond acceptors (Lipinski definition) is 3. The molecule has 2 aliphatic heterocycles. The van der Waals surface area contributed by atoms with E-state index in [0.717, 1.165) is 18.8 Å². The predicted molar refractivity (Wildman–Crippen MR) is 83.1 cm³/mol. The zero-order valence-electron chi connectivity index (χ0n) is 12.9. The van der Waals surface area contributed by atoms with E-state index in [2.05, 4.69) is 16.7 Å². The van der Waals surface area contributed by atoms with E-state index in [1.807, 2.05) is 6.07 Å². The molecule has 0 bridgehead atoms. The van der Waals surface area contributed by atoms with Crippen LogP contribution in [0.5, 0.6) is 0 Å². The third-order valence-electron chi connectivity index (χ3n) is 4.94. The molecule has 0 radical (unpaired) electrons. The monoisotopic (exact) mass is 292 g/mol. The Labute approximate surface area is 126 Å². The van der Waals surface area contributed by atoms with Crippen molar-refractivity contribution in [3.05, 3.63) is 29.6 Å². The fraction of sp³-hybridized carbons (Fsp3) is 0.647. The zero-order valence-corrected chi connectivity index (χ0v) is 12.9. The highest BCUT2D eigenvalue weighted by Crippen LogP contribution is 2.33. The molecule has 1 N–H and O–H groups in total. The molecular formula is C17H25FN2O. The van der Waals surface area contributed by atoms with Gasteiger partial charge in [0.25, 0.3) is 0 Å². The molecule has 0 saturated carbocycles. The van der Waals surface area contributed by atoms with Crippen LogP contribution in [0.1, 0.15) is 44.8 Å². The van der Waals surface area contributed by atoms with Crippen LogP contribution in [0.25, 0.3) is 0 Å².